The summed E-state index contributed by atoms with van der Waals surface area (Å²) in [6.45, 7) is 0.213. The van der Waals surface area contributed by atoms with Gasteiger partial charge in [0.1, 0.15) is 0 Å². The van der Waals surface area contributed by atoms with Crippen LogP contribution >= 0.6 is 12.4 Å². The minimum Gasteiger partial charge on any atom is -0.396 e. The first kappa shape index (κ1) is 10.5. The topological polar surface area (TPSA) is 46.2 Å². The number of nitrogens with two attached hydrogens (primary N) is 1. The van der Waals surface area contributed by atoms with Gasteiger partial charge in [0.05, 0.1) is 6.61 Å². The second kappa shape index (κ2) is 4.09. The molecule has 2 nitrogen and oxygen atoms in total. The van der Waals surface area contributed by atoms with Gasteiger partial charge in [-0.25, -0.2) is 0 Å². The van der Waals surface area contributed by atoms with Crippen LogP contribution in [-0.4, -0.2) is 11.7 Å². The van der Waals surface area contributed by atoms with E-state index in [0.717, 1.165) is 6.42 Å². The van der Waals surface area contributed by atoms with Crippen LogP contribution in [0.15, 0.2) is 24.3 Å². The molecule has 72 valence electrons. The highest BCUT2D eigenvalue weighted by molar-refractivity contribution is 5.85. The molecule has 0 bridgehead atoms. The number of halogens is 1. The van der Waals surface area contributed by atoms with E-state index in [2.05, 4.69) is 12.1 Å². The summed E-state index contributed by atoms with van der Waals surface area (Å²) in [5, 5.41) is 9.08. The molecule has 1 aromatic rings. The van der Waals surface area contributed by atoms with Gasteiger partial charge < -0.3 is 10.8 Å². The molecule has 1 aliphatic carbocycles. The molecule has 3 heteroatoms. The van der Waals surface area contributed by atoms with E-state index in [1.165, 1.54) is 11.1 Å². The lowest BCUT2D eigenvalue weighted by Gasteiger charge is -2.05. The van der Waals surface area contributed by atoms with E-state index >= 15 is 0 Å². The van der Waals surface area contributed by atoms with Crippen LogP contribution in [0.1, 0.15) is 29.5 Å². The predicted octanol–water partition coefficient (Wildman–Crippen LogP) is 1.59. The lowest BCUT2D eigenvalue weighted by molar-refractivity contribution is 0.261. The zero-order chi connectivity index (χ0) is 8.55. The van der Waals surface area contributed by atoms with Crippen LogP contribution in [0.2, 0.25) is 0 Å². The monoisotopic (exact) mass is 199 g/mol. The molecular weight excluding hydrogens is 186 g/mol. The van der Waals surface area contributed by atoms with Crippen molar-refractivity contribution in [3.05, 3.63) is 35.4 Å². The summed E-state index contributed by atoms with van der Waals surface area (Å²) >= 11 is 0. The molecule has 0 amide bonds. The average Bonchev–Trinajstić information content (AvgIpc) is 2.44. The van der Waals surface area contributed by atoms with Crippen LogP contribution in [0.5, 0.6) is 0 Å². The fourth-order valence-corrected chi connectivity index (χ4v) is 1.95. The van der Waals surface area contributed by atoms with Crippen molar-refractivity contribution in [3.8, 4) is 0 Å². The molecule has 3 N–H and O–H groups in total. The lowest BCUT2D eigenvalue weighted by Crippen LogP contribution is -2.06. The Kier molecular flexibility index (Phi) is 3.31. The van der Waals surface area contributed by atoms with Crippen molar-refractivity contribution in [2.75, 3.05) is 6.61 Å². The van der Waals surface area contributed by atoms with E-state index in [1.54, 1.807) is 0 Å². The number of fused-ring (bicyclic) bond motifs is 1. The average molecular weight is 200 g/mol. The Morgan fingerprint density at radius 3 is 2.54 bits per heavy atom. The van der Waals surface area contributed by atoms with Gasteiger partial charge in [0, 0.05) is 12.0 Å². The lowest BCUT2D eigenvalue weighted by atomic mass is 10.0. The van der Waals surface area contributed by atoms with Crippen LogP contribution in [0, 0.1) is 0 Å². The molecule has 0 heterocycles. The third-order valence-corrected chi connectivity index (χ3v) is 2.59. The Bertz CT molecular complexity index is 290. The van der Waals surface area contributed by atoms with Crippen molar-refractivity contribution in [1.82, 2.24) is 0 Å². The molecule has 0 spiro atoms. The van der Waals surface area contributed by atoms with Crippen LogP contribution in [-0.2, 0) is 0 Å². The van der Waals surface area contributed by atoms with E-state index in [1.807, 2.05) is 12.1 Å². The van der Waals surface area contributed by atoms with Crippen LogP contribution < -0.4 is 5.73 Å². The van der Waals surface area contributed by atoms with Gasteiger partial charge in [0.15, 0.2) is 0 Å². The predicted molar refractivity (Wildman–Crippen MR) is 55.1 cm³/mol. The van der Waals surface area contributed by atoms with E-state index in [9.17, 15) is 0 Å². The summed E-state index contributed by atoms with van der Waals surface area (Å²) in [4.78, 5) is 0. The Morgan fingerprint density at radius 1 is 1.31 bits per heavy atom. The molecule has 0 saturated heterocycles. The number of hydrogen-bond donors (Lipinski definition) is 2. The second-order valence-corrected chi connectivity index (χ2v) is 3.35. The molecule has 0 fully saturated rings. The van der Waals surface area contributed by atoms with Crippen molar-refractivity contribution in [2.24, 2.45) is 5.73 Å². The molecule has 1 aliphatic rings. The van der Waals surface area contributed by atoms with Gasteiger partial charge in [-0.1, -0.05) is 24.3 Å². The zero-order valence-electron chi connectivity index (χ0n) is 7.31. The molecular formula is C10H14ClNO. The number of rotatable bonds is 1. The number of aliphatic hydroxyl groups is 1. The molecule has 13 heavy (non-hydrogen) atoms. The van der Waals surface area contributed by atoms with E-state index in [0.29, 0.717) is 0 Å². The molecule has 2 unspecified atom stereocenters. The first-order valence-corrected chi connectivity index (χ1v) is 4.28. The highest BCUT2D eigenvalue weighted by atomic mass is 35.5. The summed E-state index contributed by atoms with van der Waals surface area (Å²) in [5.74, 6) is 0.260. The van der Waals surface area contributed by atoms with E-state index < -0.39 is 0 Å². The number of aliphatic hydroxyl groups excluding tert-OH is 1. The van der Waals surface area contributed by atoms with Crippen molar-refractivity contribution in [3.63, 3.8) is 0 Å². The van der Waals surface area contributed by atoms with Gasteiger partial charge >= 0.3 is 0 Å². The van der Waals surface area contributed by atoms with Gasteiger partial charge in [-0.15, -0.1) is 12.4 Å². The fourth-order valence-electron chi connectivity index (χ4n) is 1.95. The summed E-state index contributed by atoms with van der Waals surface area (Å²) in [6, 6.07) is 8.23. The summed E-state index contributed by atoms with van der Waals surface area (Å²) in [6.07, 6.45) is 0.885. The van der Waals surface area contributed by atoms with E-state index in [4.69, 9.17) is 10.8 Å². The normalized spacial score (nSPS) is 25.1. The van der Waals surface area contributed by atoms with Crippen LogP contribution in [0.25, 0.3) is 0 Å². The smallest absolute Gasteiger partial charge is 0.0500 e. The molecule has 0 saturated carbocycles. The fraction of sp³-hybridized carbons (Fsp3) is 0.400. The highest BCUT2D eigenvalue weighted by Crippen LogP contribution is 2.37. The van der Waals surface area contributed by atoms with Crippen molar-refractivity contribution < 1.29 is 5.11 Å². The number of hydrogen-bond acceptors (Lipinski definition) is 2. The molecule has 1 aromatic carbocycles. The summed E-state index contributed by atoms with van der Waals surface area (Å²) in [7, 11) is 0. The molecule has 2 atom stereocenters. The summed E-state index contributed by atoms with van der Waals surface area (Å²) < 4.78 is 0. The minimum atomic E-state index is 0. The van der Waals surface area contributed by atoms with Gasteiger partial charge in [0.25, 0.3) is 0 Å². The maximum atomic E-state index is 9.08. The first-order valence-electron chi connectivity index (χ1n) is 4.28. The zero-order valence-corrected chi connectivity index (χ0v) is 8.13. The van der Waals surface area contributed by atoms with Gasteiger partial charge in [-0.05, 0) is 17.5 Å². The van der Waals surface area contributed by atoms with Crippen molar-refractivity contribution >= 4 is 12.4 Å². The third kappa shape index (κ3) is 1.70. The Balaban J connectivity index is 0.000000845. The third-order valence-electron chi connectivity index (χ3n) is 2.59. The van der Waals surface area contributed by atoms with Crippen LogP contribution in [0.4, 0.5) is 0 Å². The quantitative estimate of drug-likeness (QED) is 0.722. The van der Waals surface area contributed by atoms with Crippen LogP contribution in [0.3, 0.4) is 0 Å². The Labute approximate surface area is 84.2 Å². The van der Waals surface area contributed by atoms with Crippen molar-refractivity contribution in [2.45, 2.75) is 18.4 Å². The maximum Gasteiger partial charge on any atom is 0.0500 e. The largest absolute Gasteiger partial charge is 0.396 e. The summed E-state index contributed by atoms with van der Waals surface area (Å²) in [5.41, 5.74) is 8.34. The standard InChI is InChI=1S/C10H13NO.ClH/c11-10-5-7(6-12)8-3-1-2-4-9(8)10;/h1-4,7,10,12H,5-6,11H2;1H. The maximum absolute atomic E-state index is 9.08. The molecule has 0 radical (unpaired) electrons. The molecule has 2 rings (SSSR count). The molecule has 0 aliphatic heterocycles. The molecule has 0 aromatic heterocycles. The minimum absolute atomic E-state index is 0. The van der Waals surface area contributed by atoms with E-state index in [-0.39, 0.29) is 31.0 Å². The second-order valence-electron chi connectivity index (χ2n) is 3.35. The number of benzene rings is 1. The van der Waals surface area contributed by atoms with Gasteiger partial charge in [0.2, 0.25) is 0 Å². The van der Waals surface area contributed by atoms with Gasteiger partial charge in [-0.3, -0.25) is 0 Å². The highest BCUT2D eigenvalue weighted by Gasteiger charge is 2.26. The Morgan fingerprint density at radius 2 is 1.92 bits per heavy atom. The van der Waals surface area contributed by atoms with Gasteiger partial charge in [-0.2, -0.15) is 0 Å². The first-order chi connectivity index (χ1) is 5.83. The van der Waals surface area contributed by atoms with Crippen molar-refractivity contribution in [1.29, 1.82) is 0 Å². The SMILES string of the molecule is Cl.NC1CC(CO)c2ccccc21. The Hall–Kier alpha value is -0.570.